The summed E-state index contributed by atoms with van der Waals surface area (Å²) in [6.07, 6.45) is 1.11. The average Bonchev–Trinajstić information content (AvgIpc) is 2.34. The number of nitrogens with one attached hydrogen (secondary N) is 1. The molecular weight excluding hydrogens is 314 g/mol. The Hall–Kier alpha value is -1.36. The molecule has 1 aromatic carbocycles. The molecule has 1 heterocycles. The number of carbonyl (C=O) groups excluding carboxylic acids is 1. The van der Waals surface area contributed by atoms with Gasteiger partial charge in [-0.05, 0) is 24.3 Å². The number of hydrogen-bond acceptors (Lipinski definition) is 2. The number of nitrogens with zero attached hydrogens (tertiary/aromatic N) is 1. The second kappa shape index (κ2) is 5.74. The standard InChI is InChI=1S/C12H6Cl3FN2O/c13-7-3-8(14)11(9(15)4-7)18-12(19)6-1-2-10(16)17-5-6/h1-5H,(H,18,19). The van der Waals surface area contributed by atoms with Crippen LogP contribution in [0.2, 0.25) is 15.1 Å². The van der Waals surface area contributed by atoms with Crippen molar-refractivity contribution in [3.63, 3.8) is 0 Å². The normalized spacial score (nSPS) is 10.3. The maximum atomic E-state index is 12.6. The van der Waals surface area contributed by atoms with Crippen LogP contribution in [0.5, 0.6) is 0 Å². The SMILES string of the molecule is O=C(Nc1c(Cl)cc(Cl)cc1Cl)c1ccc(F)nc1. The Morgan fingerprint density at radius 1 is 1.16 bits per heavy atom. The van der Waals surface area contributed by atoms with E-state index in [2.05, 4.69) is 10.3 Å². The highest BCUT2D eigenvalue weighted by Gasteiger charge is 2.13. The summed E-state index contributed by atoms with van der Waals surface area (Å²) >= 11 is 17.6. The van der Waals surface area contributed by atoms with Crippen molar-refractivity contribution >= 4 is 46.4 Å². The summed E-state index contributed by atoms with van der Waals surface area (Å²) < 4.78 is 12.6. The first-order valence-corrected chi connectivity index (χ1v) is 6.18. The predicted octanol–water partition coefficient (Wildman–Crippen LogP) is 4.43. The zero-order valence-electron chi connectivity index (χ0n) is 9.25. The summed E-state index contributed by atoms with van der Waals surface area (Å²) in [4.78, 5) is 15.3. The molecule has 1 aromatic heterocycles. The lowest BCUT2D eigenvalue weighted by atomic mass is 10.2. The van der Waals surface area contributed by atoms with Crippen molar-refractivity contribution in [2.24, 2.45) is 0 Å². The largest absolute Gasteiger partial charge is 0.319 e. The number of halogens is 4. The molecule has 2 aromatic rings. The van der Waals surface area contributed by atoms with Crippen LogP contribution < -0.4 is 5.32 Å². The van der Waals surface area contributed by atoms with E-state index in [1.165, 1.54) is 18.2 Å². The van der Waals surface area contributed by atoms with Crippen LogP contribution >= 0.6 is 34.8 Å². The summed E-state index contributed by atoms with van der Waals surface area (Å²) in [6, 6.07) is 5.29. The first-order valence-electron chi connectivity index (χ1n) is 5.05. The summed E-state index contributed by atoms with van der Waals surface area (Å²) in [5, 5.41) is 3.29. The van der Waals surface area contributed by atoms with Crippen molar-refractivity contribution in [3.05, 3.63) is 57.0 Å². The van der Waals surface area contributed by atoms with Crippen molar-refractivity contribution in [1.82, 2.24) is 4.98 Å². The Morgan fingerprint density at radius 2 is 1.79 bits per heavy atom. The molecule has 1 amide bonds. The van der Waals surface area contributed by atoms with Gasteiger partial charge in [0.2, 0.25) is 5.95 Å². The van der Waals surface area contributed by atoms with Gasteiger partial charge in [-0.1, -0.05) is 34.8 Å². The quantitative estimate of drug-likeness (QED) is 0.832. The smallest absolute Gasteiger partial charge is 0.257 e. The molecule has 98 valence electrons. The minimum absolute atomic E-state index is 0.184. The van der Waals surface area contributed by atoms with Crippen LogP contribution in [-0.4, -0.2) is 10.9 Å². The number of pyridine rings is 1. The van der Waals surface area contributed by atoms with Crippen LogP contribution in [0, 0.1) is 5.95 Å². The number of carbonyl (C=O) groups is 1. The fraction of sp³-hybridized carbons (Fsp3) is 0. The molecule has 0 atom stereocenters. The van der Waals surface area contributed by atoms with Crippen molar-refractivity contribution in [2.45, 2.75) is 0 Å². The Labute approximate surface area is 123 Å². The third-order valence-electron chi connectivity index (χ3n) is 2.23. The number of benzene rings is 1. The van der Waals surface area contributed by atoms with Crippen LogP contribution in [0.1, 0.15) is 10.4 Å². The van der Waals surface area contributed by atoms with Gasteiger partial charge >= 0.3 is 0 Å². The summed E-state index contributed by atoms with van der Waals surface area (Å²) in [5.41, 5.74) is 0.422. The maximum Gasteiger partial charge on any atom is 0.257 e. The second-order valence-corrected chi connectivity index (χ2v) is 4.82. The summed E-state index contributed by atoms with van der Waals surface area (Å²) in [5.74, 6) is -1.17. The van der Waals surface area contributed by atoms with Crippen LogP contribution in [0.15, 0.2) is 30.5 Å². The van der Waals surface area contributed by atoms with Crippen molar-refractivity contribution in [2.75, 3.05) is 5.32 Å². The van der Waals surface area contributed by atoms with Gasteiger partial charge in [0.1, 0.15) is 0 Å². The molecule has 0 radical (unpaired) electrons. The van der Waals surface area contributed by atoms with Gasteiger partial charge in [0.25, 0.3) is 5.91 Å². The van der Waals surface area contributed by atoms with E-state index < -0.39 is 11.9 Å². The molecule has 1 N–H and O–H groups in total. The maximum absolute atomic E-state index is 12.6. The molecule has 2 rings (SSSR count). The molecule has 0 fully saturated rings. The van der Waals surface area contributed by atoms with Crippen LogP contribution in [0.3, 0.4) is 0 Å². The fourth-order valence-electron chi connectivity index (χ4n) is 1.36. The van der Waals surface area contributed by atoms with E-state index in [0.29, 0.717) is 5.02 Å². The number of rotatable bonds is 2. The van der Waals surface area contributed by atoms with Crippen LogP contribution in [0.25, 0.3) is 0 Å². The number of amides is 1. The minimum atomic E-state index is -0.667. The van der Waals surface area contributed by atoms with Crippen molar-refractivity contribution < 1.29 is 9.18 Å². The van der Waals surface area contributed by atoms with E-state index in [1.54, 1.807) is 0 Å². The molecule has 0 aliphatic heterocycles. The van der Waals surface area contributed by atoms with Gasteiger partial charge in [-0.2, -0.15) is 4.39 Å². The molecule has 0 bridgehead atoms. The average molecular weight is 320 g/mol. The van der Waals surface area contributed by atoms with E-state index in [9.17, 15) is 9.18 Å². The zero-order valence-corrected chi connectivity index (χ0v) is 11.5. The van der Waals surface area contributed by atoms with Crippen molar-refractivity contribution in [3.8, 4) is 0 Å². The monoisotopic (exact) mass is 318 g/mol. The third kappa shape index (κ3) is 3.35. The lowest BCUT2D eigenvalue weighted by molar-refractivity contribution is 0.102. The van der Waals surface area contributed by atoms with Gasteiger partial charge in [-0.25, -0.2) is 4.98 Å². The Morgan fingerprint density at radius 3 is 2.32 bits per heavy atom. The second-order valence-electron chi connectivity index (χ2n) is 3.57. The number of anilines is 1. The molecule has 0 spiro atoms. The van der Waals surface area contributed by atoms with Crippen LogP contribution in [0.4, 0.5) is 10.1 Å². The van der Waals surface area contributed by atoms with Gasteiger partial charge in [-0.3, -0.25) is 4.79 Å². The van der Waals surface area contributed by atoms with Crippen LogP contribution in [-0.2, 0) is 0 Å². The molecule has 19 heavy (non-hydrogen) atoms. The minimum Gasteiger partial charge on any atom is -0.319 e. The topological polar surface area (TPSA) is 42.0 Å². The van der Waals surface area contributed by atoms with E-state index in [4.69, 9.17) is 34.8 Å². The summed E-state index contributed by atoms with van der Waals surface area (Å²) in [6.45, 7) is 0. The molecule has 7 heteroatoms. The van der Waals surface area contributed by atoms with Gasteiger partial charge in [-0.15, -0.1) is 0 Å². The van der Waals surface area contributed by atoms with Crippen molar-refractivity contribution in [1.29, 1.82) is 0 Å². The zero-order chi connectivity index (χ0) is 14.0. The van der Waals surface area contributed by atoms with Gasteiger partial charge in [0, 0.05) is 11.2 Å². The van der Waals surface area contributed by atoms with E-state index >= 15 is 0 Å². The van der Waals surface area contributed by atoms with E-state index in [-0.39, 0.29) is 21.3 Å². The fourth-order valence-corrected chi connectivity index (χ4v) is 2.27. The highest BCUT2D eigenvalue weighted by Crippen LogP contribution is 2.33. The molecule has 0 unspecified atom stereocenters. The number of aromatic nitrogens is 1. The lowest BCUT2D eigenvalue weighted by Gasteiger charge is -2.09. The first kappa shape index (κ1) is 14.1. The summed E-state index contributed by atoms with van der Waals surface area (Å²) in [7, 11) is 0. The number of hydrogen-bond donors (Lipinski definition) is 1. The van der Waals surface area contributed by atoms with Gasteiger partial charge in [0.05, 0.1) is 21.3 Å². The highest BCUT2D eigenvalue weighted by atomic mass is 35.5. The molecule has 0 saturated heterocycles. The third-order valence-corrected chi connectivity index (χ3v) is 3.05. The molecule has 0 saturated carbocycles. The van der Waals surface area contributed by atoms with Gasteiger partial charge < -0.3 is 5.32 Å². The van der Waals surface area contributed by atoms with Gasteiger partial charge in [0.15, 0.2) is 0 Å². The van der Waals surface area contributed by atoms with E-state index in [1.807, 2.05) is 0 Å². The molecule has 0 aliphatic rings. The first-order chi connectivity index (χ1) is 8.97. The Bertz CT molecular complexity index is 608. The Kier molecular flexibility index (Phi) is 4.24. The predicted molar refractivity (Wildman–Crippen MR) is 73.6 cm³/mol. The molecule has 3 nitrogen and oxygen atoms in total. The Balaban J connectivity index is 2.26. The lowest BCUT2D eigenvalue weighted by Crippen LogP contribution is -2.13. The molecular formula is C12H6Cl3FN2O. The van der Waals surface area contributed by atoms with E-state index in [0.717, 1.165) is 12.3 Å². The highest BCUT2D eigenvalue weighted by molar-refractivity contribution is 6.42. The molecule has 0 aliphatic carbocycles.